The minimum absolute atomic E-state index is 0.0669. The van der Waals surface area contributed by atoms with Crippen molar-refractivity contribution in [2.24, 2.45) is 5.41 Å². The summed E-state index contributed by atoms with van der Waals surface area (Å²) in [5.41, 5.74) is 0.135. The molecule has 0 bridgehead atoms. The Morgan fingerprint density at radius 2 is 1.88 bits per heavy atom. The number of aliphatic hydroxyl groups is 1. The third-order valence-electron chi connectivity index (χ3n) is 7.66. The first kappa shape index (κ1) is 28.6. The Labute approximate surface area is 207 Å². The number of carbonyl (C=O) groups is 1. The number of allylic oxidation sites excluding steroid dienone is 2. The molecule has 2 fully saturated rings. The summed E-state index contributed by atoms with van der Waals surface area (Å²) in [4.78, 5) is 12.6. The maximum Gasteiger partial charge on any atom is 0.338 e. The van der Waals surface area contributed by atoms with E-state index in [2.05, 4.69) is 66.5 Å². The Kier molecular flexibility index (Phi) is 8.53. The van der Waals surface area contributed by atoms with Crippen LogP contribution in [0.4, 0.5) is 0 Å². The summed E-state index contributed by atoms with van der Waals surface area (Å²) in [6, 6.07) is 0. The lowest BCUT2D eigenvalue weighted by molar-refractivity contribution is -0.138. The van der Waals surface area contributed by atoms with Crippen molar-refractivity contribution in [1.82, 2.24) is 0 Å². The predicted molar refractivity (Wildman–Crippen MR) is 140 cm³/mol. The number of ether oxygens (including phenoxy) is 2. The molecule has 1 aliphatic heterocycles. The smallest absolute Gasteiger partial charge is 0.338 e. The van der Waals surface area contributed by atoms with Gasteiger partial charge in [-0.15, -0.1) is 0 Å². The van der Waals surface area contributed by atoms with E-state index >= 15 is 0 Å². The number of hydrogen-bond acceptors (Lipinski definition) is 5. The Hall–Kier alpha value is -1.65. The number of aliphatic hydroxyl groups excluding tert-OH is 1. The third kappa shape index (κ3) is 5.94. The fraction of sp³-hybridized carbons (Fsp3) is 0.679. The van der Waals surface area contributed by atoms with Crippen LogP contribution in [0.25, 0.3) is 0 Å². The van der Waals surface area contributed by atoms with Crippen LogP contribution in [-0.4, -0.2) is 49.9 Å². The van der Waals surface area contributed by atoms with Crippen LogP contribution in [-0.2, 0) is 18.7 Å². The SMILES string of the molecule is CCOC(=O)C(=C\C#C/C(C)=C/CO)/C=C/[C@@]12O[C@]1(C)C[C@@H](O[Si](C)(C)C(C)(C)C)CC2(C)C. The molecule has 34 heavy (non-hydrogen) atoms. The van der Waals surface area contributed by atoms with Crippen LogP contribution in [0.1, 0.15) is 68.2 Å². The molecule has 0 aromatic heterocycles. The van der Waals surface area contributed by atoms with E-state index in [1.165, 1.54) is 0 Å². The zero-order valence-corrected chi connectivity index (χ0v) is 23.8. The van der Waals surface area contributed by atoms with Crippen molar-refractivity contribution in [3.8, 4) is 11.8 Å². The van der Waals surface area contributed by atoms with E-state index in [1.54, 1.807) is 25.2 Å². The molecule has 1 aliphatic carbocycles. The summed E-state index contributed by atoms with van der Waals surface area (Å²) in [5, 5.41) is 9.15. The molecule has 1 saturated carbocycles. The molecule has 0 aromatic carbocycles. The fourth-order valence-electron chi connectivity index (χ4n) is 4.73. The average molecular weight is 489 g/mol. The number of rotatable bonds is 7. The highest BCUT2D eigenvalue weighted by Gasteiger charge is 2.75. The van der Waals surface area contributed by atoms with Crippen LogP contribution in [0.5, 0.6) is 0 Å². The van der Waals surface area contributed by atoms with Gasteiger partial charge in [-0.25, -0.2) is 4.79 Å². The number of carbonyl (C=O) groups excluding carboxylic acids is 1. The predicted octanol–water partition coefficient (Wildman–Crippen LogP) is 5.71. The second-order valence-corrected chi connectivity index (χ2v) is 16.6. The second kappa shape index (κ2) is 10.1. The number of epoxide rings is 1. The maximum absolute atomic E-state index is 12.6. The molecule has 3 atom stereocenters. The van der Waals surface area contributed by atoms with Gasteiger partial charge in [0.2, 0.25) is 0 Å². The molecule has 0 radical (unpaired) electrons. The average Bonchev–Trinajstić information content (AvgIpc) is 3.29. The van der Waals surface area contributed by atoms with Gasteiger partial charge in [-0.2, -0.15) is 0 Å². The van der Waals surface area contributed by atoms with Crippen molar-refractivity contribution >= 4 is 14.3 Å². The normalized spacial score (nSPS) is 29.3. The quantitative estimate of drug-likeness (QED) is 0.124. The van der Waals surface area contributed by atoms with Gasteiger partial charge in [0, 0.05) is 24.0 Å². The van der Waals surface area contributed by atoms with Gasteiger partial charge >= 0.3 is 5.97 Å². The first-order valence-electron chi connectivity index (χ1n) is 12.3. The first-order valence-corrected chi connectivity index (χ1v) is 15.2. The van der Waals surface area contributed by atoms with E-state index in [0.717, 1.165) is 18.4 Å². The molecule has 0 amide bonds. The minimum atomic E-state index is -1.89. The van der Waals surface area contributed by atoms with E-state index in [1.807, 2.05) is 13.0 Å². The van der Waals surface area contributed by atoms with Crippen LogP contribution >= 0.6 is 0 Å². The van der Waals surface area contributed by atoms with Gasteiger partial charge in [-0.05, 0) is 69.1 Å². The lowest BCUT2D eigenvalue weighted by atomic mass is 9.63. The fourth-order valence-corrected chi connectivity index (χ4v) is 6.08. The zero-order valence-electron chi connectivity index (χ0n) is 22.8. The topological polar surface area (TPSA) is 68.3 Å². The van der Waals surface area contributed by atoms with Gasteiger partial charge in [-0.1, -0.05) is 46.5 Å². The van der Waals surface area contributed by atoms with Crippen LogP contribution in [0, 0.1) is 17.3 Å². The summed E-state index contributed by atoms with van der Waals surface area (Å²) in [6.45, 7) is 21.8. The molecular formula is C28H44O5Si. The molecule has 0 aromatic rings. The molecule has 1 N–H and O–H groups in total. The molecular weight excluding hydrogens is 444 g/mol. The molecule has 5 nitrogen and oxygen atoms in total. The van der Waals surface area contributed by atoms with Crippen molar-refractivity contribution in [2.45, 2.75) is 104 Å². The zero-order chi connectivity index (χ0) is 26.0. The monoisotopic (exact) mass is 488 g/mol. The first-order chi connectivity index (χ1) is 15.5. The second-order valence-electron chi connectivity index (χ2n) is 11.9. The van der Waals surface area contributed by atoms with Crippen molar-refractivity contribution in [2.75, 3.05) is 13.2 Å². The van der Waals surface area contributed by atoms with E-state index in [-0.39, 0.29) is 35.4 Å². The number of esters is 1. The molecule has 2 aliphatic rings. The van der Waals surface area contributed by atoms with E-state index in [4.69, 9.17) is 19.0 Å². The summed E-state index contributed by atoms with van der Waals surface area (Å²) < 4.78 is 18.5. The Balaban J connectivity index is 2.30. The molecule has 2 rings (SSSR count). The Bertz CT molecular complexity index is 925. The van der Waals surface area contributed by atoms with Gasteiger partial charge in [0.15, 0.2) is 8.32 Å². The molecule has 1 saturated heterocycles. The maximum atomic E-state index is 12.6. The highest BCUT2D eigenvalue weighted by molar-refractivity contribution is 6.74. The van der Waals surface area contributed by atoms with Crippen LogP contribution in [0.3, 0.4) is 0 Å². The van der Waals surface area contributed by atoms with Crippen LogP contribution in [0.2, 0.25) is 18.1 Å². The molecule has 1 heterocycles. The minimum Gasteiger partial charge on any atom is -0.462 e. The molecule has 0 unspecified atom stereocenters. The molecule has 6 heteroatoms. The van der Waals surface area contributed by atoms with Gasteiger partial charge < -0.3 is 19.0 Å². The van der Waals surface area contributed by atoms with Gasteiger partial charge in [0.05, 0.1) is 18.8 Å². The van der Waals surface area contributed by atoms with Crippen molar-refractivity contribution in [3.63, 3.8) is 0 Å². The molecule has 190 valence electrons. The molecule has 0 spiro atoms. The van der Waals surface area contributed by atoms with E-state index in [9.17, 15) is 4.79 Å². The third-order valence-corrected chi connectivity index (χ3v) is 12.2. The van der Waals surface area contributed by atoms with Crippen molar-refractivity contribution in [1.29, 1.82) is 0 Å². The van der Waals surface area contributed by atoms with Gasteiger partial charge in [0.25, 0.3) is 0 Å². The largest absolute Gasteiger partial charge is 0.462 e. The van der Waals surface area contributed by atoms with Gasteiger partial charge in [-0.3, -0.25) is 0 Å². The van der Waals surface area contributed by atoms with Gasteiger partial charge in [0.1, 0.15) is 11.2 Å². The Morgan fingerprint density at radius 3 is 2.41 bits per heavy atom. The summed E-state index contributed by atoms with van der Waals surface area (Å²) in [5.74, 6) is 5.41. The van der Waals surface area contributed by atoms with E-state index < -0.39 is 19.9 Å². The number of fused-ring (bicyclic) bond motifs is 1. The van der Waals surface area contributed by atoms with Crippen LogP contribution < -0.4 is 0 Å². The van der Waals surface area contributed by atoms with Crippen molar-refractivity contribution in [3.05, 3.63) is 35.5 Å². The summed E-state index contributed by atoms with van der Waals surface area (Å²) in [6.07, 6.45) is 8.88. The lowest BCUT2D eigenvalue weighted by Gasteiger charge is -2.45. The summed E-state index contributed by atoms with van der Waals surface area (Å²) in [7, 11) is -1.89. The Morgan fingerprint density at radius 1 is 1.24 bits per heavy atom. The van der Waals surface area contributed by atoms with E-state index in [0.29, 0.717) is 5.57 Å². The summed E-state index contributed by atoms with van der Waals surface area (Å²) >= 11 is 0. The van der Waals surface area contributed by atoms with Crippen molar-refractivity contribution < 1.29 is 23.8 Å². The van der Waals surface area contributed by atoms with Crippen LogP contribution in [0.15, 0.2) is 35.5 Å². The highest BCUT2D eigenvalue weighted by Crippen LogP contribution is 2.66. The number of hydrogen-bond donors (Lipinski definition) is 1. The standard InChI is InChI=1S/C28H44O5Si/c1-11-31-24(30)22(14-12-13-21(2)16-18-29)15-17-28-26(6,7)19-23(20-27(28,8)33-28)32-34(9,10)25(3,4)5/h14-17,23,29H,11,18-20H2,1-10H3/b17-15+,21-16+,22-14-/t23-,27+,28-/m0/s1. The highest BCUT2D eigenvalue weighted by atomic mass is 28.4. The lowest BCUT2D eigenvalue weighted by Crippen LogP contribution is -2.51.